The quantitative estimate of drug-likeness (QED) is 0.814. The zero-order chi connectivity index (χ0) is 13.9. The summed E-state index contributed by atoms with van der Waals surface area (Å²) in [4.78, 5) is 2.09. The van der Waals surface area contributed by atoms with E-state index in [1.807, 2.05) is 6.07 Å². The third kappa shape index (κ3) is 3.84. The van der Waals surface area contributed by atoms with Crippen LogP contribution in [0.5, 0.6) is 0 Å². The van der Waals surface area contributed by atoms with Gasteiger partial charge in [0.2, 0.25) is 0 Å². The monoisotopic (exact) mass is 351 g/mol. The Bertz CT molecular complexity index is 613. The van der Waals surface area contributed by atoms with E-state index in [2.05, 4.69) is 39.4 Å². The summed E-state index contributed by atoms with van der Waals surface area (Å²) in [5.41, 5.74) is 1.26. The van der Waals surface area contributed by atoms with Crippen molar-refractivity contribution in [2.24, 2.45) is 0 Å². The van der Waals surface area contributed by atoms with Crippen LogP contribution in [0.2, 0.25) is 0 Å². The Labute approximate surface area is 131 Å². The van der Waals surface area contributed by atoms with Gasteiger partial charge in [0.1, 0.15) is 5.82 Å². The van der Waals surface area contributed by atoms with Crippen LogP contribution in [0.3, 0.4) is 0 Å². The topological polar surface area (TPSA) is 12.0 Å². The molecule has 1 aliphatic carbocycles. The molecular formula is C16H15BrFNS. The first kappa shape index (κ1) is 14.1. The fraction of sp³-hybridized carbons (Fsp3) is 0.250. The second-order valence-electron chi connectivity index (χ2n) is 4.97. The van der Waals surface area contributed by atoms with Crippen LogP contribution in [0.15, 0.2) is 56.7 Å². The number of hydrogen-bond donors (Lipinski definition) is 1. The van der Waals surface area contributed by atoms with E-state index in [0.717, 1.165) is 20.8 Å². The number of nitrogens with one attached hydrogen (secondary N) is 1. The van der Waals surface area contributed by atoms with Crippen molar-refractivity contribution in [3.05, 3.63) is 58.3 Å². The molecule has 0 aromatic heterocycles. The van der Waals surface area contributed by atoms with Crippen molar-refractivity contribution in [1.29, 1.82) is 0 Å². The first-order chi connectivity index (χ1) is 9.70. The summed E-state index contributed by atoms with van der Waals surface area (Å²) in [6, 6.07) is 13.7. The highest BCUT2D eigenvalue weighted by atomic mass is 79.9. The molecule has 3 rings (SSSR count). The summed E-state index contributed by atoms with van der Waals surface area (Å²) in [5, 5.41) is 3.53. The van der Waals surface area contributed by atoms with Crippen molar-refractivity contribution in [2.75, 3.05) is 0 Å². The van der Waals surface area contributed by atoms with Gasteiger partial charge >= 0.3 is 0 Å². The molecule has 2 aromatic carbocycles. The molecule has 0 unspecified atom stereocenters. The Morgan fingerprint density at radius 1 is 1.20 bits per heavy atom. The van der Waals surface area contributed by atoms with Gasteiger partial charge in [-0.25, -0.2) is 4.39 Å². The first-order valence-electron chi connectivity index (χ1n) is 6.66. The molecule has 1 nitrogen and oxygen atoms in total. The zero-order valence-electron chi connectivity index (χ0n) is 10.9. The van der Waals surface area contributed by atoms with E-state index in [0.29, 0.717) is 6.04 Å². The van der Waals surface area contributed by atoms with Gasteiger partial charge in [-0.1, -0.05) is 39.8 Å². The van der Waals surface area contributed by atoms with Gasteiger partial charge in [-0.15, -0.1) is 0 Å². The van der Waals surface area contributed by atoms with Gasteiger partial charge in [0.25, 0.3) is 0 Å². The van der Waals surface area contributed by atoms with Crippen LogP contribution in [0.1, 0.15) is 18.4 Å². The Hall–Kier alpha value is -0.840. The minimum absolute atomic E-state index is 0.192. The number of hydrogen-bond acceptors (Lipinski definition) is 2. The Morgan fingerprint density at radius 2 is 2.05 bits per heavy atom. The molecule has 1 aliphatic rings. The molecule has 104 valence electrons. The summed E-state index contributed by atoms with van der Waals surface area (Å²) in [6.45, 7) is 0.871. The zero-order valence-corrected chi connectivity index (χ0v) is 13.3. The van der Waals surface area contributed by atoms with Gasteiger partial charge in [-0.3, -0.25) is 0 Å². The molecule has 0 aliphatic heterocycles. The molecule has 1 fully saturated rings. The van der Waals surface area contributed by atoms with Gasteiger partial charge < -0.3 is 5.32 Å². The van der Waals surface area contributed by atoms with Crippen LogP contribution < -0.4 is 5.32 Å². The molecule has 0 atom stereocenters. The van der Waals surface area contributed by atoms with E-state index in [1.165, 1.54) is 24.5 Å². The van der Waals surface area contributed by atoms with Crippen LogP contribution in [0, 0.1) is 5.82 Å². The number of benzene rings is 2. The largest absolute Gasteiger partial charge is 0.310 e. The molecule has 1 N–H and O–H groups in total. The van der Waals surface area contributed by atoms with Gasteiger partial charge in [-0.2, -0.15) is 0 Å². The predicted molar refractivity (Wildman–Crippen MR) is 84.5 cm³/mol. The van der Waals surface area contributed by atoms with Crippen molar-refractivity contribution in [3.8, 4) is 0 Å². The lowest BCUT2D eigenvalue weighted by molar-refractivity contribution is 0.624. The van der Waals surface area contributed by atoms with Crippen LogP contribution >= 0.6 is 27.7 Å². The first-order valence-corrected chi connectivity index (χ1v) is 8.27. The van der Waals surface area contributed by atoms with Crippen LogP contribution in [0.4, 0.5) is 4.39 Å². The van der Waals surface area contributed by atoms with Gasteiger partial charge in [-0.05, 0) is 48.7 Å². The highest BCUT2D eigenvalue weighted by Crippen LogP contribution is 2.33. The third-order valence-corrected chi connectivity index (χ3v) is 4.79. The minimum Gasteiger partial charge on any atom is -0.310 e. The predicted octanol–water partition coefficient (Wildman–Crippen LogP) is 4.99. The maximum atomic E-state index is 13.3. The molecule has 1 saturated carbocycles. The van der Waals surface area contributed by atoms with Crippen LogP contribution in [-0.2, 0) is 6.54 Å². The molecule has 4 heteroatoms. The van der Waals surface area contributed by atoms with Crippen molar-refractivity contribution in [3.63, 3.8) is 0 Å². The summed E-state index contributed by atoms with van der Waals surface area (Å²) < 4.78 is 14.3. The standard InChI is InChI=1S/C16H15BrFNS/c17-12-5-4-11(10-19-14-6-7-14)16(8-12)20-15-3-1-2-13(18)9-15/h1-5,8-9,14,19H,6-7,10H2. The summed E-state index contributed by atoms with van der Waals surface area (Å²) in [5.74, 6) is -0.192. The molecule has 0 radical (unpaired) electrons. The minimum atomic E-state index is -0.192. The molecule has 0 spiro atoms. The SMILES string of the molecule is Fc1cccc(Sc2cc(Br)ccc2CNC2CC2)c1. The molecule has 0 amide bonds. The molecular weight excluding hydrogens is 337 g/mol. The summed E-state index contributed by atoms with van der Waals surface area (Å²) in [6.07, 6.45) is 2.56. The molecule has 20 heavy (non-hydrogen) atoms. The van der Waals surface area contributed by atoms with E-state index in [1.54, 1.807) is 23.9 Å². The lowest BCUT2D eigenvalue weighted by atomic mass is 10.2. The van der Waals surface area contributed by atoms with E-state index in [4.69, 9.17) is 0 Å². The van der Waals surface area contributed by atoms with E-state index < -0.39 is 0 Å². The average Bonchev–Trinajstić information content (AvgIpc) is 3.22. The second kappa shape index (κ2) is 6.29. The number of halogens is 2. The number of rotatable bonds is 5. The third-order valence-electron chi connectivity index (χ3n) is 3.21. The average molecular weight is 352 g/mol. The van der Waals surface area contributed by atoms with E-state index in [9.17, 15) is 4.39 Å². The van der Waals surface area contributed by atoms with Gasteiger partial charge in [0.05, 0.1) is 0 Å². The van der Waals surface area contributed by atoms with Crippen molar-refractivity contribution in [2.45, 2.75) is 35.2 Å². The molecule has 0 bridgehead atoms. The van der Waals surface area contributed by atoms with Gasteiger partial charge in [0.15, 0.2) is 0 Å². The Morgan fingerprint density at radius 3 is 2.80 bits per heavy atom. The molecule has 2 aromatic rings. The summed E-state index contributed by atoms with van der Waals surface area (Å²) >= 11 is 5.11. The highest BCUT2D eigenvalue weighted by molar-refractivity contribution is 9.10. The van der Waals surface area contributed by atoms with Crippen molar-refractivity contribution < 1.29 is 4.39 Å². The smallest absolute Gasteiger partial charge is 0.124 e. The van der Waals surface area contributed by atoms with E-state index in [-0.39, 0.29) is 5.82 Å². The Kier molecular flexibility index (Phi) is 4.44. The van der Waals surface area contributed by atoms with Crippen LogP contribution in [-0.4, -0.2) is 6.04 Å². The maximum Gasteiger partial charge on any atom is 0.124 e. The molecule has 0 heterocycles. The molecule has 0 saturated heterocycles. The highest BCUT2D eigenvalue weighted by Gasteiger charge is 2.20. The lowest BCUT2D eigenvalue weighted by Crippen LogP contribution is -2.15. The van der Waals surface area contributed by atoms with Crippen molar-refractivity contribution in [1.82, 2.24) is 5.32 Å². The maximum absolute atomic E-state index is 13.3. The Balaban J connectivity index is 1.80. The van der Waals surface area contributed by atoms with Gasteiger partial charge in [0, 0.05) is 26.9 Å². The summed E-state index contributed by atoms with van der Waals surface area (Å²) in [7, 11) is 0. The fourth-order valence-corrected chi connectivity index (χ4v) is 3.51. The van der Waals surface area contributed by atoms with E-state index >= 15 is 0 Å². The van der Waals surface area contributed by atoms with Crippen LogP contribution in [0.25, 0.3) is 0 Å². The van der Waals surface area contributed by atoms with Crippen molar-refractivity contribution >= 4 is 27.7 Å². The lowest BCUT2D eigenvalue weighted by Gasteiger charge is -2.11. The second-order valence-corrected chi connectivity index (χ2v) is 7.00. The fourth-order valence-electron chi connectivity index (χ4n) is 1.97. The normalized spacial score (nSPS) is 14.5.